The van der Waals surface area contributed by atoms with Gasteiger partial charge >= 0.3 is 0 Å². The third-order valence-electron chi connectivity index (χ3n) is 2.93. The van der Waals surface area contributed by atoms with E-state index in [2.05, 4.69) is 5.32 Å². The van der Waals surface area contributed by atoms with Crippen molar-refractivity contribution in [2.45, 2.75) is 13.3 Å². The number of hydrogen-bond acceptors (Lipinski definition) is 4. The average Bonchev–Trinajstić information content (AvgIpc) is 2.51. The Hall–Kier alpha value is -2.27. The summed E-state index contributed by atoms with van der Waals surface area (Å²) in [5.74, 6) is -0.376. The predicted molar refractivity (Wildman–Crippen MR) is 83.6 cm³/mol. The molecule has 0 atom stereocenters. The Morgan fingerprint density at radius 1 is 1.32 bits per heavy atom. The summed E-state index contributed by atoms with van der Waals surface area (Å²) < 4.78 is 10.2. The van der Waals surface area contributed by atoms with E-state index in [0.29, 0.717) is 24.6 Å². The highest BCUT2D eigenvalue weighted by molar-refractivity contribution is 6.30. The SMILES string of the molecule is CCOc1coc(C(=O)NCCc2ccc(Cl)cc2)cc1=O. The number of hydrogen-bond donors (Lipinski definition) is 1. The molecule has 1 aromatic heterocycles. The van der Waals surface area contributed by atoms with Crippen molar-refractivity contribution in [3.05, 3.63) is 63.2 Å². The number of benzene rings is 1. The van der Waals surface area contributed by atoms with Crippen LogP contribution in [0.25, 0.3) is 0 Å². The third-order valence-corrected chi connectivity index (χ3v) is 3.19. The first-order valence-corrected chi connectivity index (χ1v) is 7.26. The largest absolute Gasteiger partial charge is 0.487 e. The second-order valence-electron chi connectivity index (χ2n) is 4.54. The van der Waals surface area contributed by atoms with Gasteiger partial charge in [0.2, 0.25) is 11.2 Å². The summed E-state index contributed by atoms with van der Waals surface area (Å²) in [5.41, 5.74) is 0.675. The summed E-state index contributed by atoms with van der Waals surface area (Å²) in [6, 6.07) is 8.51. The molecule has 22 heavy (non-hydrogen) atoms. The zero-order valence-corrected chi connectivity index (χ0v) is 12.9. The predicted octanol–water partition coefficient (Wildman–Crippen LogP) is 2.66. The lowest BCUT2D eigenvalue weighted by Gasteiger charge is -2.06. The molecule has 1 N–H and O–H groups in total. The van der Waals surface area contributed by atoms with E-state index in [0.717, 1.165) is 17.9 Å². The number of carbonyl (C=O) groups is 1. The Kier molecular flexibility index (Phi) is 5.61. The molecule has 0 aliphatic carbocycles. The van der Waals surface area contributed by atoms with E-state index in [1.165, 1.54) is 0 Å². The molecule has 0 fully saturated rings. The lowest BCUT2D eigenvalue weighted by atomic mass is 10.1. The topological polar surface area (TPSA) is 68.5 Å². The third kappa shape index (κ3) is 4.36. The number of amides is 1. The summed E-state index contributed by atoms with van der Waals surface area (Å²) in [7, 11) is 0. The monoisotopic (exact) mass is 321 g/mol. The lowest BCUT2D eigenvalue weighted by Crippen LogP contribution is -2.26. The van der Waals surface area contributed by atoms with Crippen LogP contribution in [0.3, 0.4) is 0 Å². The zero-order chi connectivity index (χ0) is 15.9. The van der Waals surface area contributed by atoms with Crippen LogP contribution in [0.4, 0.5) is 0 Å². The highest BCUT2D eigenvalue weighted by Gasteiger charge is 2.11. The average molecular weight is 322 g/mol. The van der Waals surface area contributed by atoms with E-state index >= 15 is 0 Å². The standard InChI is InChI=1S/C16H16ClNO4/c1-2-21-15-10-22-14(9-13(15)19)16(20)18-8-7-11-3-5-12(17)6-4-11/h3-6,9-10H,2,7-8H2,1H3,(H,18,20). The molecule has 1 heterocycles. The normalized spacial score (nSPS) is 10.3. The van der Waals surface area contributed by atoms with Crippen LogP contribution in [0.5, 0.6) is 5.75 Å². The molecule has 0 spiro atoms. The van der Waals surface area contributed by atoms with E-state index in [1.807, 2.05) is 12.1 Å². The number of ether oxygens (including phenoxy) is 1. The van der Waals surface area contributed by atoms with Gasteiger partial charge in [0.25, 0.3) is 5.91 Å². The summed E-state index contributed by atoms with van der Waals surface area (Å²) in [5, 5.41) is 3.37. The second kappa shape index (κ2) is 7.66. The fraction of sp³-hybridized carbons (Fsp3) is 0.250. The van der Waals surface area contributed by atoms with Crippen molar-refractivity contribution >= 4 is 17.5 Å². The highest BCUT2D eigenvalue weighted by atomic mass is 35.5. The van der Waals surface area contributed by atoms with Crippen LogP contribution in [-0.4, -0.2) is 19.1 Å². The summed E-state index contributed by atoms with van der Waals surface area (Å²) >= 11 is 5.80. The minimum absolute atomic E-state index is 0.0374. The first-order chi connectivity index (χ1) is 10.6. The van der Waals surface area contributed by atoms with Gasteiger partial charge in [0.15, 0.2) is 5.76 Å². The molecule has 2 aromatic rings. The fourth-order valence-electron chi connectivity index (χ4n) is 1.84. The Morgan fingerprint density at radius 2 is 2.05 bits per heavy atom. The van der Waals surface area contributed by atoms with Gasteiger partial charge in [-0.15, -0.1) is 0 Å². The minimum Gasteiger partial charge on any atom is -0.487 e. The fourth-order valence-corrected chi connectivity index (χ4v) is 1.96. The summed E-state index contributed by atoms with van der Waals surface area (Å²) in [4.78, 5) is 23.6. The van der Waals surface area contributed by atoms with Gasteiger partial charge in [-0.2, -0.15) is 0 Å². The maximum atomic E-state index is 11.9. The van der Waals surface area contributed by atoms with Crippen LogP contribution in [-0.2, 0) is 6.42 Å². The van der Waals surface area contributed by atoms with E-state index in [9.17, 15) is 9.59 Å². The quantitative estimate of drug-likeness (QED) is 0.888. The van der Waals surface area contributed by atoms with Gasteiger partial charge in [0.1, 0.15) is 6.26 Å². The number of carbonyl (C=O) groups excluding carboxylic acids is 1. The Morgan fingerprint density at radius 3 is 2.68 bits per heavy atom. The Labute approximate surface area is 132 Å². The van der Waals surface area contributed by atoms with Crippen molar-refractivity contribution < 1.29 is 13.9 Å². The van der Waals surface area contributed by atoms with Crippen LogP contribution in [0.2, 0.25) is 5.02 Å². The number of nitrogens with one attached hydrogen (secondary N) is 1. The van der Waals surface area contributed by atoms with E-state index in [4.69, 9.17) is 20.8 Å². The van der Waals surface area contributed by atoms with Gasteiger partial charge in [-0.3, -0.25) is 9.59 Å². The van der Waals surface area contributed by atoms with Gasteiger partial charge in [0, 0.05) is 17.6 Å². The summed E-state index contributed by atoms with van der Waals surface area (Å²) in [6.45, 7) is 2.55. The number of rotatable bonds is 6. The molecule has 0 unspecified atom stereocenters. The van der Waals surface area contributed by atoms with E-state index in [-0.39, 0.29) is 16.9 Å². The summed E-state index contributed by atoms with van der Waals surface area (Å²) in [6.07, 6.45) is 1.81. The molecule has 116 valence electrons. The van der Waals surface area contributed by atoms with E-state index in [1.54, 1.807) is 19.1 Å². The van der Waals surface area contributed by atoms with Gasteiger partial charge in [-0.05, 0) is 31.0 Å². The van der Waals surface area contributed by atoms with Crippen molar-refractivity contribution in [3.8, 4) is 5.75 Å². The van der Waals surface area contributed by atoms with E-state index < -0.39 is 5.91 Å². The molecule has 0 aliphatic heterocycles. The molecule has 1 aromatic carbocycles. The van der Waals surface area contributed by atoms with Crippen LogP contribution in [0, 0.1) is 0 Å². The van der Waals surface area contributed by atoms with Crippen molar-refractivity contribution in [1.82, 2.24) is 5.32 Å². The molecule has 0 saturated heterocycles. The smallest absolute Gasteiger partial charge is 0.287 e. The van der Waals surface area contributed by atoms with Gasteiger partial charge in [-0.25, -0.2) is 0 Å². The molecule has 6 heteroatoms. The highest BCUT2D eigenvalue weighted by Crippen LogP contribution is 2.10. The molecule has 1 amide bonds. The maximum Gasteiger partial charge on any atom is 0.287 e. The van der Waals surface area contributed by atoms with Gasteiger partial charge in [0.05, 0.1) is 6.61 Å². The Bertz CT molecular complexity index is 694. The molecular weight excluding hydrogens is 306 g/mol. The van der Waals surface area contributed by atoms with Crippen LogP contribution < -0.4 is 15.5 Å². The molecule has 0 radical (unpaired) electrons. The molecule has 2 rings (SSSR count). The Balaban J connectivity index is 1.90. The van der Waals surface area contributed by atoms with Crippen LogP contribution in [0.15, 0.2) is 45.8 Å². The van der Waals surface area contributed by atoms with Crippen molar-refractivity contribution in [2.75, 3.05) is 13.2 Å². The molecule has 0 bridgehead atoms. The van der Waals surface area contributed by atoms with Gasteiger partial charge < -0.3 is 14.5 Å². The molecule has 0 aliphatic rings. The zero-order valence-electron chi connectivity index (χ0n) is 12.1. The maximum absolute atomic E-state index is 11.9. The molecule has 0 saturated carbocycles. The van der Waals surface area contributed by atoms with Crippen LogP contribution >= 0.6 is 11.6 Å². The minimum atomic E-state index is -0.436. The first kappa shape index (κ1) is 16.1. The first-order valence-electron chi connectivity index (χ1n) is 6.88. The molecular formula is C16H16ClNO4. The number of halogens is 1. The van der Waals surface area contributed by atoms with Crippen LogP contribution in [0.1, 0.15) is 23.0 Å². The van der Waals surface area contributed by atoms with Crippen molar-refractivity contribution in [1.29, 1.82) is 0 Å². The lowest BCUT2D eigenvalue weighted by molar-refractivity contribution is 0.0923. The molecule has 5 nitrogen and oxygen atoms in total. The van der Waals surface area contributed by atoms with Crippen molar-refractivity contribution in [3.63, 3.8) is 0 Å². The van der Waals surface area contributed by atoms with Crippen molar-refractivity contribution in [2.24, 2.45) is 0 Å². The van der Waals surface area contributed by atoms with Gasteiger partial charge in [-0.1, -0.05) is 23.7 Å². The second-order valence-corrected chi connectivity index (χ2v) is 4.97.